The highest BCUT2D eigenvalue weighted by Crippen LogP contribution is 2.23. The summed E-state index contributed by atoms with van der Waals surface area (Å²) in [6, 6.07) is 18.0. The Hall–Kier alpha value is -2.86. The number of aryl methyl sites for hydroxylation is 2. The van der Waals surface area contributed by atoms with Crippen molar-refractivity contribution in [2.24, 2.45) is 0 Å². The Morgan fingerprint density at radius 2 is 1.90 bits per heavy atom. The van der Waals surface area contributed by atoms with Crippen molar-refractivity contribution in [1.29, 1.82) is 0 Å². The SMILES string of the molecule is COc1ccccc1CCNC(=O)CSc1ccc(-c2ccc(C)cc2C)nn1. The Morgan fingerprint density at radius 3 is 2.62 bits per heavy atom. The van der Waals surface area contributed by atoms with Crippen LogP contribution in [0.3, 0.4) is 0 Å². The summed E-state index contributed by atoms with van der Waals surface area (Å²) < 4.78 is 5.33. The Labute approximate surface area is 175 Å². The van der Waals surface area contributed by atoms with Gasteiger partial charge in [0.15, 0.2) is 0 Å². The highest BCUT2D eigenvalue weighted by Gasteiger charge is 2.08. The Balaban J connectivity index is 1.47. The molecule has 150 valence electrons. The first-order valence-corrected chi connectivity index (χ1v) is 10.5. The lowest BCUT2D eigenvalue weighted by molar-refractivity contribution is -0.118. The molecule has 1 aromatic heterocycles. The molecule has 29 heavy (non-hydrogen) atoms. The van der Waals surface area contributed by atoms with E-state index in [2.05, 4.69) is 47.6 Å². The summed E-state index contributed by atoms with van der Waals surface area (Å²) in [6.45, 7) is 4.71. The number of methoxy groups -OCH3 is 1. The highest BCUT2D eigenvalue weighted by atomic mass is 32.2. The molecule has 3 aromatic rings. The van der Waals surface area contributed by atoms with E-state index in [1.165, 1.54) is 22.9 Å². The van der Waals surface area contributed by atoms with Crippen molar-refractivity contribution in [1.82, 2.24) is 15.5 Å². The molecule has 0 saturated heterocycles. The molecule has 0 aliphatic rings. The number of benzene rings is 2. The number of carbonyl (C=O) groups excluding carboxylic acids is 1. The maximum absolute atomic E-state index is 12.1. The molecule has 1 amide bonds. The molecule has 1 N–H and O–H groups in total. The van der Waals surface area contributed by atoms with E-state index in [1.807, 2.05) is 36.4 Å². The Bertz CT molecular complexity index is 974. The van der Waals surface area contributed by atoms with Gasteiger partial charge in [0.05, 0.1) is 18.6 Å². The lowest BCUT2D eigenvalue weighted by atomic mass is 10.0. The van der Waals surface area contributed by atoms with Gasteiger partial charge in [0.1, 0.15) is 10.8 Å². The summed E-state index contributed by atoms with van der Waals surface area (Å²) in [5.41, 5.74) is 5.40. The number of nitrogens with zero attached hydrogens (tertiary/aromatic N) is 2. The number of carbonyl (C=O) groups is 1. The van der Waals surface area contributed by atoms with E-state index in [-0.39, 0.29) is 5.91 Å². The number of hydrogen-bond acceptors (Lipinski definition) is 5. The molecule has 0 saturated carbocycles. The predicted octanol–water partition coefficient (Wildman–Crippen LogP) is 4.22. The van der Waals surface area contributed by atoms with Crippen LogP contribution < -0.4 is 10.1 Å². The molecule has 0 aliphatic heterocycles. The van der Waals surface area contributed by atoms with E-state index in [0.717, 1.165) is 34.0 Å². The van der Waals surface area contributed by atoms with Crippen LogP contribution in [0, 0.1) is 13.8 Å². The molecule has 0 spiro atoms. The minimum absolute atomic E-state index is 0.0230. The quantitative estimate of drug-likeness (QED) is 0.567. The number of para-hydroxylation sites is 1. The van der Waals surface area contributed by atoms with Crippen molar-refractivity contribution in [3.8, 4) is 17.0 Å². The molecular formula is C23H25N3O2S. The number of rotatable bonds is 8. The third-order valence-corrected chi connectivity index (χ3v) is 5.48. The van der Waals surface area contributed by atoms with Crippen LogP contribution in [-0.2, 0) is 11.2 Å². The zero-order valence-corrected chi connectivity index (χ0v) is 17.8. The molecule has 0 atom stereocenters. The van der Waals surface area contributed by atoms with Crippen molar-refractivity contribution in [3.05, 3.63) is 71.3 Å². The second-order valence-corrected chi connectivity index (χ2v) is 7.77. The van der Waals surface area contributed by atoms with E-state index in [4.69, 9.17) is 4.74 Å². The maximum Gasteiger partial charge on any atom is 0.230 e. The molecule has 3 rings (SSSR count). The smallest absolute Gasteiger partial charge is 0.230 e. The highest BCUT2D eigenvalue weighted by molar-refractivity contribution is 7.99. The fraction of sp³-hybridized carbons (Fsp3) is 0.261. The number of hydrogen-bond donors (Lipinski definition) is 1. The number of aromatic nitrogens is 2. The summed E-state index contributed by atoms with van der Waals surface area (Å²) >= 11 is 1.38. The first-order valence-electron chi connectivity index (χ1n) is 9.49. The van der Waals surface area contributed by atoms with Gasteiger partial charge in [0, 0.05) is 12.1 Å². The van der Waals surface area contributed by atoms with Crippen molar-refractivity contribution >= 4 is 17.7 Å². The second kappa shape index (κ2) is 10.1. The van der Waals surface area contributed by atoms with Crippen LogP contribution >= 0.6 is 11.8 Å². The summed E-state index contributed by atoms with van der Waals surface area (Å²) in [6.07, 6.45) is 0.727. The summed E-state index contributed by atoms with van der Waals surface area (Å²) in [7, 11) is 1.65. The fourth-order valence-corrected chi connectivity index (χ4v) is 3.72. The monoisotopic (exact) mass is 407 g/mol. The molecule has 0 aliphatic carbocycles. The van der Waals surface area contributed by atoms with E-state index >= 15 is 0 Å². The third kappa shape index (κ3) is 5.81. The fourth-order valence-electron chi connectivity index (χ4n) is 3.08. The molecule has 6 heteroatoms. The Kier molecular flexibility index (Phi) is 7.25. The third-order valence-electron chi connectivity index (χ3n) is 4.56. The van der Waals surface area contributed by atoms with Gasteiger partial charge in [-0.25, -0.2) is 0 Å². The normalized spacial score (nSPS) is 10.6. The van der Waals surface area contributed by atoms with Crippen LogP contribution in [0.1, 0.15) is 16.7 Å². The Morgan fingerprint density at radius 1 is 1.07 bits per heavy atom. The number of amides is 1. The summed E-state index contributed by atoms with van der Waals surface area (Å²) in [5, 5.41) is 12.3. The largest absolute Gasteiger partial charge is 0.496 e. The minimum atomic E-state index is -0.0230. The first kappa shape index (κ1) is 20.9. The molecule has 5 nitrogen and oxygen atoms in total. The molecule has 1 heterocycles. The maximum atomic E-state index is 12.1. The van der Waals surface area contributed by atoms with Crippen LogP contribution in [-0.4, -0.2) is 35.5 Å². The zero-order chi connectivity index (χ0) is 20.6. The van der Waals surface area contributed by atoms with Gasteiger partial charge in [-0.05, 0) is 49.6 Å². The van der Waals surface area contributed by atoms with Gasteiger partial charge < -0.3 is 10.1 Å². The molecule has 0 unspecified atom stereocenters. The number of ether oxygens (including phenoxy) is 1. The molecule has 0 fully saturated rings. The lowest BCUT2D eigenvalue weighted by Crippen LogP contribution is -2.27. The minimum Gasteiger partial charge on any atom is -0.496 e. The van der Waals surface area contributed by atoms with Crippen LogP contribution in [0.4, 0.5) is 0 Å². The molecule has 0 radical (unpaired) electrons. The van der Waals surface area contributed by atoms with E-state index in [0.29, 0.717) is 12.3 Å². The second-order valence-electron chi connectivity index (χ2n) is 6.78. The van der Waals surface area contributed by atoms with Crippen molar-refractivity contribution < 1.29 is 9.53 Å². The summed E-state index contributed by atoms with van der Waals surface area (Å²) in [5.74, 6) is 1.13. The van der Waals surface area contributed by atoms with Crippen molar-refractivity contribution in [3.63, 3.8) is 0 Å². The average molecular weight is 408 g/mol. The van der Waals surface area contributed by atoms with Crippen LogP contribution in [0.5, 0.6) is 5.75 Å². The number of nitrogens with one attached hydrogen (secondary N) is 1. The van der Waals surface area contributed by atoms with Crippen LogP contribution in [0.2, 0.25) is 0 Å². The van der Waals surface area contributed by atoms with Gasteiger partial charge in [-0.2, -0.15) is 0 Å². The standard InChI is InChI=1S/C23H25N3O2S/c1-16-8-9-19(17(2)14-16)20-10-11-23(26-25-20)29-15-22(27)24-13-12-18-6-4-5-7-21(18)28-3/h4-11,14H,12-13,15H2,1-3H3,(H,24,27). The van der Waals surface area contributed by atoms with E-state index in [9.17, 15) is 4.79 Å². The van der Waals surface area contributed by atoms with Gasteiger partial charge in [-0.15, -0.1) is 10.2 Å². The topological polar surface area (TPSA) is 64.1 Å². The zero-order valence-electron chi connectivity index (χ0n) is 16.9. The van der Waals surface area contributed by atoms with Gasteiger partial charge >= 0.3 is 0 Å². The number of thioether (sulfide) groups is 1. The molecule has 2 aromatic carbocycles. The summed E-state index contributed by atoms with van der Waals surface area (Å²) in [4.78, 5) is 12.1. The van der Waals surface area contributed by atoms with Gasteiger partial charge in [0.2, 0.25) is 5.91 Å². The van der Waals surface area contributed by atoms with Gasteiger partial charge in [-0.1, -0.05) is 53.7 Å². The predicted molar refractivity (Wildman–Crippen MR) is 117 cm³/mol. The van der Waals surface area contributed by atoms with E-state index in [1.54, 1.807) is 7.11 Å². The van der Waals surface area contributed by atoms with E-state index < -0.39 is 0 Å². The van der Waals surface area contributed by atoms with Crippen molar-refractivity contribution in [2.45, 2.75) is 25.3 Å². The van der Waals surface area contributed by atoms with Gasteiger partial charge in [-0.3, -0.25) is 4.79 Å². The first-order chi connectivity index (χ1) is 14.1. The van der Waals surface area contributed by atoms with Gasteiger partial charge in [0.25, 0.3) is 0 Å². The van der Waals surface area contributed by atoms with Crippen LogP contribution in [0.25, 0.3) is 11.3 Å². The average Bonchev–Trinajstić information content (AvgIpc) is 2.73. The van der Waals surface area contributed by atoms with Crippen molar-refractivity contribution in [2.75, 3.05) is 19.4 Å². The molecule has 0 bridgehead atoms. The lowest BCUT2D eigenvalue weighted by Gasteiger charge is -2.09. The molecular weight excluding hydrogens is 382 g/mol. The van der Waals surface area contributed by atoms with Crippen LogP contribution in [0.15, 0.2) is 59.6 Å².